The molecule has 1 fully saturated rings. The highest BCUT2D eigenvalue weighted by Gasteiger charge is 2.46. The molecule has 51 heavy (non-hydrogen) atoms. The van der Waals surface area contributed by atoms with Crippen LogP contribution in [0.1, 0.15) is 62.4 Å². The maximum atomic E-state index is 13.3. The Balaban J connectivity index is 1.60. The van der Waals surface area contributed by atoms with E-state index in [0.717, 1.165) is 22.4 Å². The van der Waals surface area contributed by atoms with Gasteiger partial charge in [-0.05, 0) is 63.4 Å². The fraction of sp³-hybridized carbons (Fsp3) is 0.410. The summed E-state index contributed by atoms with van der Waals surface area (Å²) in [4.78, 5) is 28.1. The van der Waals surface area contributed by atoms with Crippen molar-refractivity contribution in [3.63, 3.8) is 0 Å². The smallest absolute Gasteiger partial charge is 0.328 e. The van der Waals surface area contributed by atoms with E-state index in [1.165, 1.54) is 4.57 Å². The van der Waals surface area contributed by atoms with E-state index >= 15 is 0 Å². The van der Waals surface area contributed by atoms with E-state index in [1.54, 1.807) is 20.2 Å². The molecule has 12 heteroatoms. The van der Waals surface area contributed by atoms with Crippen molar-refractivity contribution >= 4 is 8.53 Å². The lowest BCUT2D eigenvalue weighted by Crippen LogP contribution is -2.50. The van der Waals surface area contributed by atoms with Crippen molar-refractivity contribution in [3.8, 4) is 11.8 Å². The van der Waals surface area contributed by atoms with Crippen LogP contribution in [0.3, 0.4) is 0 Å². The summed E-state index contributed by atoms with van der Waals surface area (Å²) in [7, 11) is -0.0461. The summed E-state index contributed by atoms with van der Waals surface area (Å²) in [6.07, 6.45) is 0.552. The summed E-state index contributed by atoms with van der Waals surface area (Å²) in [5.74, 6) is 0.746. The number of aromatic nitrogens is 2. The molecule has 0 aliphatic carbocycles. The van der Waals surface area contributed by atoms with E-state index in [4.69, 9.17) is 18.5 Å². The summed E-state index contributed by atoms with van der Waals surface area (Å²) in [5.41, 5.74) is 1.65. The third-order valence-corrected chi connectivity index (χ3v) is 11.2. The lowest BCUT2D eigenvalue weighted by molar-refractivity contribution is 0.0375. The number of ether oxygens (including phenoxy) is 2. The fourth-order valence-electron chi connectivity index (χ4n) is 6.72. The highest BCUT2D eigenvalue weighted by molar-refractivity contribution is 7.44. The third-order valence-electron chi connectivity index (χ3n) is 9.11. The zero-order valence-corrected chi connectivity index (χ0v) is 31.0. The van der Waals surface area contributed by atoms with Crippen molar-refractivity contribution in [1.82, 2.24) is 19.5 Å². The Morgan fingerprint density at radius 3 is 2.12 bits per heavy atom. The van der Waals surface area contributed by atoms with Crippen LogP contribution in [0.4, 0.5) is 0 Å². The molecule has 0 amide bonds. The van der Waals surface area contributed by atoms with Crippen LogP contribution in [0.2, 0.25) is 0 Å². The van der Waals surface area contributed by atoms with Gasteiger partial charge in [0, 0.05) is 30.4 Å². The Hall–Kier alpha value is -4.14. The molecular formula is C39H48N5O6P. The van der Waals surface area contributed by atoms with Gasteiger partial charge < -0.3 is 18.5 Å². The predicted molar refractivity (Wildman–Crippen MR) is 199 cm³/mol. The Morgan fingerprint density at radius 2 is 1.57 bits per heavy atom. The molecule has 2 unspecified atom stereocenters. The number of methoxy groups -OCH3 is 1. The monoisotopic (exact) mass is 713 g/mol. The Morgan fingerprint density at radius 1 is 0.980 bits per heavy atom. The maximum Gasteiger partial charge on any atom is 0.328 e. The van der Waals surface area contributed by atoms with Gasteiger partial charge in [0.05, 0.1) is 50.5 Å². The number of nitrogens with one attached hydrogen (secondary N) is 2. The molecule has 2 heterocycles. The highest BCUT2D eigenvalue weighted by atomic mass is 31.2. The van der Waals surface area contributed by atoms with Gasteiger partial charge in [0.2, 0.25) is 0 Å². The van der Waals surface area contributed by atoms with Crippen molar-refractivity contribution in [2.75, 3.05) is 26.9 Å². The molecule has 1 aliphatic rings. The summed E-state index contributed by atoms with van der Waals surface area (Å²) in [6, 6.07) is 30.2. The zero-order valence-electron chi connectivity index (χ0n) is 30.1. The second kappa shape index (κ2) is 17.4. The second-order valence-electron chi connectivity index (χ2n) is 13.1. The van der Waals surface area contributed by atoms with Crippen LogP contribution in [-0.2, 0) is 19.3 Å². The molecule has 11 nitrogen and oxygen atoms in total. The van der Waals surface area contributed by atoms with E-state index in [1.807, 2.05) is 48.5 Å². The van der Waals surface area contributed by atoms with Crippen LogP contribution in [-0.4, -0.2) is 65.4 Å². The van der Waals surface area contributed by atoms with Crippen LogP contribution in [0.25, 0.3) is 0 Å². The first-order valence-electron chi connectivity index (χ1n) is 17.3. The van der Waals surface area contributed by atoms with Crippen LogP contribution in [0.15, 0.2) is 101 Å². The molecule has 2 N–H and O–H groups in total. The number of aryl methyl sites for hydroxylation is 1. The van der Waals surface area contributed by atoms with Gasteiger partial charge in [0.25, 0.3) is 14.1 Å². The number of rotatable bonds is 16. The van der Waals surface area contributed by atoms with Crippen molar-refractivity contribution in [2.24, 2.45) is 0 Å². The minimum absolute atomic E-state index is 0.0625. The quantitative estimate of drug-likeness (QED) is 0.0812. The van der Waals surface area contributed by atoms with Crippen LogP contribution >= 0.6 is 8.53 Å². The fourth-order valence-corrected chi connectivity index (χ4v) is 8.51. The van der Waals surface area contributed by atoms with E-state index in [2.05, 4.69) is 85.1 Å². The van der Waals surface area contributed by atoms with Crippen molar-refractivity contribution in [2.45, 2.75) is 76.9 Å². The maximum absolute atomic E-state index is 13.3. The topological polar surface area (TPSA) is 131 Å². The average Bonchev–Trinajstić information content (AvgIpc) is 3.52. The summed E-state index contributed by atoms with van der Waals surface area (Å²) >= 11 is 0. The van der Waals surface area contributed by atoms with Crippen LogP contribution < -0.4 is 21.3 Å². The van der Waals surface area contributed by atoms with Crippen molar-refractivity contribution in [3.05, 3.63) is 134 Å². The highest BCUT2D eigenvalue weighted by Crippen LogP contribution is 2.50. The second-order valence-corrected chi connectivity index (χ2v) is 14.5. The molecule has 0 radical (unpaired) electrons. The Bertz CT molecular complexity index is 1810. The molecule has 1 saturated heterocycles. The van der Waals surface area contributed by atoms with Gasteiger partial charge in [-0.15, -0.1) is 0 Å². The van der Waals surface area contributed by atoms with Gasteiger partial charge in [-0.25, -0.2) is 9.46 Å². The lowest BCUT2D eigenvalue weighted by atomic mass is 9.76. The molecule has 4 aromatic rings. The van der Waals surface area contributed by atoms with Gasteiger partial charge in [-0.2, -0.15) is 5.26 Å². The first-order valence-corrected chi connectivity index (χ1v) is 18.4. The molecule has 270 valence electrons. The number of benzene rings is 3. The molecule has 1 aliphatic heterocycles. The number of hydrogen-bond donors (Lipinski definition) is 2. The van der Waals surface area contributed by atoms with Crippen LogP contribution in [0.5, 0.6) is 5.75 Å². The van der Waals surface area contributed by atoms with Crippen molar-refractivity contribution < 1.29 is 18.5 Å². The molecule has 5 rings (SSSR count). The first kappa shape index (κ1) is 38.1. The SMILES string of the molecule is COc1ccc(C(NC[C@H]2OCC(n3cc(C)c(=O)[nH]c3=O)[C@H]2OP(OCCC#N)N(C(C)C)C(C)C)(c2ccccc2)c2ccccc2)cc1. The standard InChI is InChI=1S/C39H48N5O6P/c1-27(2)44(28(3)4)51(49-23-13-22-40)50-36-34(43-25-29(5)37(45)42-38(43)46)26-48-35(36)24-41-39(30-14-9-7-10-15-30,31-16-11-8-12-17-31)32-18-20-33(47-6)21-19-32/h7-12,14-21,25,27-28,34-36,41H,13,23-24,26H2,1-6H3,(H,42,45,46)/t34?,35-,36-,51?/m1/s1. The average molecular weight is 714 g/mol. The summed E-state index contributed by atoms with van der Waals surface area (Å²) in [6.45, 7) is 10.6. The van der Waals surface area contributed by atoms with E-state index in [0.29, 0.717) is 12.1 Å². The molecular weight excluding hydrogens is 665 g/mol. The molecule has 0 saturated carbocycles. The Kier molecular flexibility index (Phi) is 13.0. The molecule has 1 aromatic heterocycles. The normalized spacial score (nSPS) is 18.3. The molecule has 0 spiro atoms. The minimum atomic E-state index is -1.70. The van der Waals surface area contributed by atoms with Gasteiger partial charge in [-0.3, -0.25) is 19.7 Å². The summed E-state index contributed by atoms with van der Waals surface area (Å²) in [5, 5.41) is 13.2. The number of nitriles is 1. The van der Waals surface area contributed by atoms with Gasteiger partial charge in [0.15, 0.2) is 0 Å². The first-order chi connectivity index (χ1) is 24.6. The van der Waals surface area contributed by atoms with E-state index in [9.17, 15) is 14.9 Å². The van der Waals surface area contributed by atoms with Gasteiger partial charge >= 0.3 is 5.69 Å². The summed E-state index contributed by atoms with van der Waals surface area (Å²) < 4.78 is 29.0. The Labute approximate surface area is 301 Å². The van der Waals surface area contributed by atoms with Gasteiger partial charge in [-0.1, -0.05) is 72.8 Å². The molecule has 3 aromatic carbocycles. The number of H-pyrrole nitrogens is 1. The van der Waals surface area contributed by atoms with Gasteiger partial charge in [0.1, 0.15) is 11.9 Å². The lowest BCUT2D eigenvalue weighted by Gasteiger charge is -2.40. The molecule has 0 bridgehead atoms. The van der Waals surface area contributed by atoms with E-state index in [-0.39, 0.29) is 31.7 Å². The number of nitrogens with zero attached hydrogens (tertiary/aromatic N) is 3. The predicted octanol–water partition coefficient (Wildman–Crippen LogP) is 6.04. The zero-order chi connectivity index (χ0) is 36.5. The number of aromatic amines is 1. The van der Waals surface area contributed by atoms with E-state index < -0.39 is 43.6 Å². The molecule has 4 atom stereocenters. The van der Waals surface area contributed by atoms with Crippen LogP contribution in [0, 0.1) is 18.3 Å². The minimum Gasteiger partial charge on any atom is -0.497 e. The largest absolute Gasteiger partial charge is 0.497 e. The van der Waals surface area contributed by atoms with Crippen molar-refractivity contribution in [1.29, 1.82) is 5.26 Å². The third kappa shape index (κ3) is 8.50. The number of hydrogen-bond acceptors (Lipinski definition) is 9.